The molecule has 0 aliphatic rings. The molecule has 0 saturated heterocycles. The third-order valence-corrected chi connectivity index (χ3v) is 4.26. The first-order valence-corrected chi connectivity index (χ1v) is 7.96. The summed E-state index contributed by atoms with van der Waals surface area (Å²) in [6.07, 6.45) is 1.26. The van der Waals surface area contributed by atoms with Crippen molar-refractivity contribution in [3.05, 3.63) is 64.3 Å². The molecule has 0 bridgehead atoms. The van der Waals surface area contributed by atoms with Crippen LogP contribution in [0, 0.1) is 10.1 Å². The molecule has 9 nitrogen and oxygen atoms in total. The Labute approximate surface area is 184 Å². The predicted molar refractivity (Wildman–Crippen MR) is 82.4 cm³/mol. The molecule has 0 radical (unpaired) electrons. The maximum Gasteiger partial charge on any atom is 1.00 e. The molecule has 3 aromatic rings. The van der Waals surface area contributed by atoms with E-state index < -0.39 is 25.8 Å². The second-order valence-electron chi connectivity index (χ2n) is 4.83. The van der Waals surface area contributed by atoms with Gasteiger partial charge in [-0.05, 0) is 18.2 Å². The number of non-ortho nitro benzene ring substituents is 1. The number of hydrogen-bond acceptors (Lipinski definition) is 6. The first kappa shape index (κ1) is 19.8. The summed E-state index contributed by atoms with van der Waals surface area (Å²) in [6.45, 7) is 0. The number of rotatable bonds is 3. The Hall–Kier alpha value is -1.47. The number of fused-ring (bicyclic) bond motifs is 1. The summed E-state index contributed by atoms with van der Waals surface area (Å²) in [5, 5.41) is 15.0. The van der Waals surface area contributed by atoms with Gasteiger partial charge in [0.05, 0.1) is 22.2 Å². The molecule has 0 unspecified atom stereocenters. The average Bonchev–Trinajstić information content (AvgIpc) is 2.96. The fraction of sp³-hybridized carbons (Fsp3) is 0. The molecule has 0 atom stereocenters. The molecule has 0 aliphatic heterocycles. The molecular formula is C14H9KN3O6S+. The summed E-state index contributed by atoms with van der Waals surface area (Å²) in [7, 11) is -4.59. The molecule has 25 heavy (non-hydrogen) atoms. The minimum Gasteiger partial charge on any atom is -0.282 e. The fourth-order valence-corrected chi connectivity index (χ4v) is 2.96. The Balaban J connectivity index is 0.00000225. The maximum atomic E-state index is 12.6. The third kappa shape index (κ3) is 3.87. The first-order valence-electron chi connectivity index (χ1n) is 6.52. The zero-order valence-electron chi connectivity index (χ0n) is 12.9. The molecule has 1 N–H and O–H groups in total. The standard InChI is InChI=1S/C14H9N3O6S.K/c18-14(11-3-1-2-4-13(11)24(21,22)23)16-12-6-5-10(17(19)20)7-9(12)8-15-16;/h1-8H,(H,21,22,23);/q;+1. The van der Waals surface area contributed by atoms with Gasteiger partial charge in [-0.25, -0.2) is 0 Å². The van der Waals surface area contributed by atoms with Crippen LogP contribution in [0.25, 0.3) is 10.9 Å². The Morgan fingerprint density at radius 2 is 1.88 bits per heavy atom. The first-order chi connectivity index (χ1) is 11.3. The van der Waals surface area contributed by atoms with Gasteiger partial charge in [0.15, 0.2) is 0 Å². The van der Waals surface area contributed by atoms with Gasteiger partial charge in [-0.15, -0.1) is 0 Å². The molecule has 0 amide bonds. The van der Waals surface area contributed by atoms with Gasteiger partial charge in [0, 0.05) is 17.5 Å². The monoisotopic (exact) mass is 386 g/mol. The van der Waals surface area contributed by atoms with E-state index in [4.69, 9.17) is 0 Å². The number of nitro groups is 1. The average molecular weight is 386 g/mol. The number of hydrogen-bond donors (Lipinski definition) is 1. The van der Waals surface area contributed by atoms with Gasteiger partial charge in [0.2, 0.25) is 0 Å². The molecular weight excluding hydrogens is 377 g/mol. The zero-order chi connectivity index (χ0) is 17.5. The van der Waals surface area contributed by atoms with Crippen LogP contribution in [-0.4, -0.2) is 33.6 Å². The van der Waals surface area contributed by atoms with Gasteiger partial charge < -0.3 is 0 Å². The Bertz CT molecular complexity index is 1090. The van der Waals surface area contributed by atoms with E-state index in [1.165, 1.54) is 42.6 Å². The van der Waals surface area contributed by atoms with Crippen molar-refractivity contribution in [3.8, 4) is 0 Å². The van der Waals surface area contributed by atoms with Crippen molar-refractivity contribution in [2.45, 2.75) is 4.90 Å². The Morgan fingerprint density at radius 3 is 2.52 bits per heavy atom. The quantitative estimate of drug-likeness (QED) is 0.261. The molecule has 3 rings (SSSR count). The number of benzene rings is 2. The smallest absolute Gasteiger partial charge is 0.282 e. The minimum absolute atomic E-state index is 0. The maximum absolute atomic E-state index is 12.6. The van der Waals surface area contributed by atoms with E-state index in [2.05, 4.69) is 5.10 Å². The van der Waals surface area contributed by atoms with Crippen molar-refractivity contribution in [3.63, 3.8) is 0 Å². The number of carbonyl (C=O) groups excluding carboxylic acids is 1. The second-order valence-corrected chi connectivity index (χ2v) is 6.22. The van der Waals surface area contributed by atoms with Crippen LogP contribution >= 0.6 is 0 Å². The van der Waals surface area contributed by atoms with Crippen molar-refractivity contribution in [1.29, 1.82) is 0 Å². The summed E-state index contributed by atoms with van der Waals surface area (Å²) >= 11 is 0. The minimum atomic E-state index is -4.59. The van der Waals surface area contributed by atoms with Crippen molar-refractivity contribution < 1.29 is 74.1 Å². The summed E-state index contributed by atoms with van der Waals surface area (Å²) in [5.74, 6) is -0.785. The van der Waals surface area contributed by atoms with E-state index in [-0.39, 0.29) is 68.2 Å². The Kier molecular flexibility index (Phi) is 5.88. The summed E-state index contributed by atoms with van der Waals surface area (Å²) in [5.41, 5.74) is -0.146. The second kappa shape index (κ2) is 7.41. The molecule has 1 heterocycles. The number of nitro benzene ring substituents is 1. The third-order valence-electron chi connectivity index (χ3n) is 3.35. The van der Waals surface area contributed by atoms with Crippen LogP contribution in [0.5, 0.6) is 0 Å². The van der Waals surface area contributed by atoms with Crippen LogP contribution in [0.2, 0.25) is 0 Å². The molecule has 2 aromatic carbocycles. The van der Waals surface area contributed by atoms with Crippen LogP contribution in [0.15, 0.2) is 53.6 Å². The van der Waals surface area contributed by atoms with Crippen molar-refractivity contribution in [1.82, 2.24) is 9.78 Å². The van der Waals surface area contributed by atoms with Gasteiger partial charge in [0.25, 0.3) is 21.7 Å². The SMILES string of the molecule is O=C(c1ccccc1S(=O)(=O)O)n1ncc2cc([N+](=O)[O-])ccc21.[K+]. The fourth-order valence-electron chi connectivity index (χ4n) is 2.28. The Morgan fingerprint density at radius 1 is 1.20 bits per heavy atom. The normalized spacial score (nSPS) is 11.1. The van der Waals surface area contributed by atoms with E-state index in [0.717, 1.165) is 10.7 Å². The molecule has 1 aromatic heterocycles. The van der Waals surface area contributed by atoms with Crippen molar-refractivity contribution in [2.75, 3.05) is 0 Å². The molecule has 0 aliphatic carbocycles. The van der Waals surface area contributed by atoms with Gasteiger partial charge in [0.1, 0.15) is 4.90 Å². The topological polar surface area (TPSA) is 132 Å². The van der Waals surface area contributed by atoms with Gasteiger partial charge >= 0.3 is 51.4 Å². The summed E-state index contributed by atoms with van der Waals surface area (Å²) < 4.78 is 33.0. The number of nitrogens with zero attached hydrogens (tertiary/aromatic N) is 3. The van der Waals surface area contributed by atoms with Crippen molar-refractivity contribution in [2.24, 2.45) is 0 Å². The summed E-state index contributed by atoms with van der Waals surface area (Å²) in [6, 6.07) is 8.95. The van der Waals surface area contributed by atoms with Crippen LogP contribution in [0.1, 0.15) is 10.4 Å². The molecule has 11 heteroatoms. The van der Waals surface area contributed by atoms with E-state index in [1.807, 2.05) is 0 Å². The molecule has 0 saturated carbocycles. The van der Waals surface area contributed by atoms with Gasteiger partial charge in [-0.3, -0.25) is 19.5 Å². The van der Waals surface area contributed by atoms with E-state index in [9.17, 15) is 27.9 Å². The zero-order valence-corrected chi connectivity index (χ0v) is 16.8. The molecule has 0 fully saturated rings. The molecule has 122 valence electrons. The number of aromatic nitrogens is 2. The number of carbonyl (C=O) groups is 1. The summed E-state index contributed by atoms with van der Waals surface area (Å²) in [4.78, 5) is 22.3. The van der Waals surface area contributed by atoms with E-state index in [0.29, 0.717) is 5.39 Å². The van der Waals surface area contributed by atoms with Crippen LogP contribution in [0.4, 0.5) is 5.69 Å². The van der Waals surface area contributed by atoms with Gasteiger partial charge in [-0.1, -0.05) is 12.1 Å². The van der Waals surface area contributed by atoms with Gasteiger partial charge in [-0.2, -0.15) is 18.2 Å². The predicted octanol–water partition coefficient (Wildman–Crippen LogP) is -1.12. The van der Waals surface area contributed by atoms with Crippen molar-refractivity contribution >= 4 is 32.6 Å². The van der Waals surface area contributed by atoms with Crippen LogP contribution in [-0.2, 0) is 10.1 Å². The largest absolute Gasteiger partial charge is 1.00 e. The van der Waals surface area contributed by atoms with E-state index >= 15 is 0 Å². The molecule has 0 spiro atoms. The van der Waals surface area contributed by atoms with E-state index in [1.54, 1.807) is 0 Å². The van der Waals surface area contributed by atoms with Crippen LogP contribution < -0.4 is 51.4 Å². The van der Waals surface area contributed by atoms with Crippen LogP contribution in [0.3, 0.4) is 0 Å².